The third kappa shape index (κ3) is 3.33. The maximum absolute atomic E-state index is 13.0. The Morgan fingerprint density at radius 1 is 1.21 bits per heavy atom. The second-order valence-corrected chi connectivity index (χ2v) is 8.23. The van der Waals surface area contributed by atoms with Gasteiger partial charge in [0.05, 0.1) is 12.2 Å². The van der Waals surface area contributed by atoms with Crippen molar-refractivity contribution in [1.82, 2.24) is 19.8 Å². The molecule has 8 heteroatoms. The number of ketones is 1. The van der Waals surface area contributed by atoms with Gasteiger partial charge in [0, 0.05) is 10.7 Å². The number of imide groups is 1. The molecule has 3 amide bonds. The van der Waals surface area contributed by atoms with Gasteiger partial charge < -0.3 is 9.88 Å². The van der Waals surface area contributed by atoms with Crippen molar-refractivity contribution >= 4 is 29.3 Å². The van der Waals surface area contributed by atoms with Gasteiger partial charge in [-0.05, 0) is 44.9 Å². The number of aromatic nitrogens is 2. The van der Waals surface area contributed by atoms with Crippen LogP contribution in [0.3, 0.4) is 0 Å². The molecule has 1 spiro atoms. The first kappa shape index (κ1) is 19.6. The zero-order chi connectivity index (χ0) is 20.8. The first-order chi connectivity index (χ1) is 13.8. The molecular weight excluding hydrogens is 392 g/mol. The predicted molar refractivity (Wildman–Crippen MR) is 108 cm³/mol. The number of aryl methyl sites for hydroxylation is 1. The largest absolute Gasteiger partial charge is 0.325 e. The van der Waals surface area contributed by atoms with Crippen molar-refractivity contribution in [1.29, 1.82) is 0 Å². The first-order valence-electron chi connectivity index (χ1n) is 9.81. The number of benzene rings is 1. The van der Waals surface area contributed by atoms with Crippen molar-refractivity contribution < 1.29 is 14.4 Å². The molecule has 4 rings (SSSR count). The van der Waals surface area contributed by atoms with E-state index in [1.54, 1.807) is 26.0 Å². The van der Waals surface area contributed by atoms with Crippen LogP contribution in [-0.2, 0) is 4.79 Å². The number of rotatable bonds is 4. The summed E-state index contributed by atoms with van der Waals surface area (Å²) in [6, 6.07) is 6.79. The van der Waals surface area contributed by atoms with Crippen molar-refractivity contribution in [3.63, 3.8) is 0 Å². The minimum Gasteiger partial charge on any atom is -0.323 e. The van der Waals surface area contributed by atoms with E-state index < -0.39 is 11.6 Å². The summed E-state index contributed by atoms with van der Waals surface area (Å²) < 4.78 is 1.84. The van der Waals surface area contributed by atoms with Gasteiger partial charge >= 0.3 is 6.03 Å². The Kier molecular flexibility index (Phi) is 4.94. The number of nitrogens with zero attached hydrogens (tertiary/aromatic N) is 3. The Morgan fingerprint density at radius 2 is 1.93 bits per heavy atom. The number of hydrogen-bond donors (Lipinski definition) is 1. The number of Topliss-reactive ketones (excluding diaryl/α,β-unsaturated/α-hetero) is 1. The number of hydrogen-bond acceptors (Lipinski definition) is 4. The lowest BCUT2D eigenvalue weighted by Crippen LogP contribution is -2.48. The molecule has 1 N–H and O–H groups in total. The Balaban J connectivity index is 1.59. The molecule has 29 heavy (non-hydrogen) atoms. The molecule has 2 fully saturated rings. The zero-order valence-electron chi connectivity index (χ0n) is 16.5. The third-order valence-electron chi connectivity index (χ3n) is 5.86. The summed E-state index contributed by atoms with van der Waals surface area (Å²) >= 11 is 6.10. The summed E-state index contributed by atoms with van der Waals surface area (Å²) in [4.78, 5) is 43.8. The minimum absolute atomic E-state index is 0.257. The van der Waals surface area contributed by atoms with Gasteiger partial charge in [-0.2, -0.15) is 0 Å². The average molecular weight is 415 g/mol. The summed E-state index contributed by atoms with van der Waals surface area (Å²) in [5, 5.41) is 3.42. The van der Waals surface area contributed by atoms with Crippen LogP contribution in [0.15, 0.2) is 24.3 Å². The maximum atomic E-state index is 13.0. The van der Waals surface area contributed by atoms with Crippen LogP contribution in [0.1, 0.15) is 54.1 Å². The molecule has 0 unspecified atom stereocenters. The molecule has 0 radical (unpaired) electrons. The van der Waals surface area contributed by atoms with E-state index in [1.807, 2.05) is 16.7 Å². The highest BCUT2D eigenvalue weighted by Gasteiger charge is 2.51. The molecule has 2 aromatic rings. The summed E-state index contributed by atoms with van der Waals surface area (Å²) in [5.41, 5.74) is 0.873. The second kappa shape index (κ2) is 7.30. The van der Waals surface area contributed by atoms with E-state index >= 15 is 0 Å². The van der Waals surface area contributed by atoms with E-state index in [4.69, 9.17) is 11.6 Å². The molecule has 1 saturated heterocycles. The van der Waals surface area contributed by atoms with Crippen LogP contribution >= 0.6 is 11.6 Å². The Bertz CT molecular complexity index is 1010. The van der Waals surface area contributed by atoms with E-state index in [-0.39, 0.29) is 23.9 Å². The molecular formula is C21H23ClN4O3. The fourth-order valence-corrected chi connectivity index (χ4v) is 4.62. The van der Waals surface area contributed by atoms with E-state index in [0.717, 1.165) is 29.8 Å². The highest BCUT2D eigenvalue weighted by Crippen LogP contribution is 2.33. The molecule has 1 aliphatic carbocycles. The van der Waals surface area contributed by atoms with Crippen molar-refractivity contribution in [3.05, 3.63) is 46.5 Å². The summed E-state index contributed by atoms with van der Waals surface area (Å²) in [5.74, 6) is -0.0176. The van der Waals surface area contributed by atoms with Crippen LogP contribution in [0.2, 0.25) is 5.02 Å². The molecule has 1 aromatic heterocycles. The van der Waals surface area contributed by atoms with Crippen LogP contribution in [-0.4, -0.2) is 44.3 Å². The van der Waals surface area contributed by atoms with Crippen LogP contribution in [0.25, 0.3) is 5.69 Å². The van der Waals surface area contributed by atoms with Gasteiger partial charge in [-0.25, -0.2) is 9.78 Å². The van der Waals surface area contributed by atoms with Gasteiger partial charge in [-0.15, -0.1) is 0 Å². The highest BCUT2D eigenvalue weighted by molar-refractivity contribution is 6.30. The lowest BCUT2D eigenvalue weighted by Gasteiger charge is -2.30. The number of carbonyl (C=O) groups excluding carboxylic acids is 3. The molecule has 7 nitrogen and oxygen atoms in total. The molecule has 1 saturated carbocycles. The number of urea groups is 1. The highest BCUT2D eigenvalue weighted by atomic mass is 35.5. The van der Waals surface area contributed by atoms with E-state index in [2.05, 4.69) is 10.3 Å². The van der Waals surface area contributed by atoms with Crippen molar-refractivity contribution in [2.24, 2.45) is 0 Å². The molecule has 0 atom stereocenters. The Hall–Kier alpha value is -2.67. The van der Waals surface area contributed by atoms with Gasteiger partial charge in [0.25, 0.3) is 5.91 Å². The van der Waals surface area contributed by atoms with Crippen LogP contribution in [0.5, 0.6) is 0 Å². The first-order valence-corrected chi connectivity index (χ1v) is 10.2. The predicted octanol–water partition coefficient (Wildman–Crippen LogP) is 3.58. The monoisotopic (exact) mass is 414 g/mol. The fraction of sp³-hybridized carbons (Fsp3) is 0.429. The topological polar surface area (TPSA) is 84.3 Å². The molecule has 0 bridgehead atoms. The Morgan fingerprint density at radius 3 is 2.62 bits per heavy atom. The standard InChI is InChI=1S/C21H23ClN4O3/c1-13-18(23-14(2)26(13)16-8-6-7-15(22)11-16)17(27)12-25-19(28)21(24-20(25)29)9-4-3-5-10-21/h6-8,11H,3-5,9-10,12H2,1-2H3,(H,24,29). The normalized spacial score (nSPS) is 18.4. The minimum atomic E-state index is -0.833. The molecule has 2 heterocycles. The van der Waals surface area contributed by atoms with Gasteiger partial charge in [-0.3, -0.25) is 14.5 Å². The maximum Gasteiger partial charge on any atom is 0.325 e. The number of carbonyl (C=O) groups is 3. The fourth-order valence-electron chi connectivity index (χ4n) is 4.43. The number of halogens is 1. The van der Waals surface area contributed by atoms with Crippen LogP contribution in [0.4, 0.5) is 4.79 Å². The van der Waals surface area contributed by atoms with Crippen molar-refractivity contribution in [2.75, 3.05) is 6.54 Å². The lowest BCUT2D eigenvalue weighted by atomic mass is 9.82. The van der Waals surface area contributed by atoms with E-state index in [9.17, 15) is 14.4 Å². The van der Waals surface area contributed by atoms with Gasteiger partial charge in [-0.1, -0.05) is 36.9 Å². The van der Waals surface area contributed by atoms with Gasteiger partial charge in [0.1, 0.15) is 17.1 Å². The van der Waals surface area contributed by atoms with Crippen LogP contribution < -0.4 is 5.32 Å². The summed E-state index contributed by atoms with van der Waals surface area (Å²) in [6.45, 7) is 3.29. The molecule has 152 valence electrons. The average Bonchev–Trinajstić information content (AvgIpc) is 3.10. The lowest BCUT2D eigenvalue weighted by molar-refractivity contribution is -0.132. The van der Waals surface area contributed by atoms with E-state index in [0.29, 0.717) is 29.4 Å². The quantitative estimate of drug-likeness (QED) is 0.612. The number of nitrogens with one attached hydrogen (secondary N) is 1. The molecule has 1 aromatic carbocycles. The molecule has 1 aliphatic heterocycles. The van der Waals surface area contributed by atoms with Crippen molar-refractivity contribution in [2.45, 2.75) is 51.5 Å². The number of amides is 3. The van der Waals surface area contributed by atoms with Crippen LogP contribution in [0, 0.1) is 13.8 Å². The van der Waals surface area contributed by atoms with Crippen molar-refractivity contribution in [3.8, 4) is 5.69 Å². The van der Waals surface area contributed by atoms with Gasteiger partial charge in [0.15, 0.2) is 0 Å². The summed E-state index contributed by atoms with van der Waals surface area (Å²) in [6.07, 6.45) is 4.11. The Labute approximate surface area is 174 Å². The SMILES string of the molecule is Cc1nc(C(=O)CN2C(=O)NC3(CCCCC3)C2=O)c(C)n1-c1cccc(Cl)c1. The number of imidazole rings is 1. The second-order valence-electron chi connectivity index (χ2n) is 7.80. The zero-order valence-corrected chi connectivity index (χ0v) is 17.3. The smallest absolute Gasteiger partial charge is 0.323 e. The third-order valence-corrected chi connectivity index (χ3v) is 6.10. The summed E-state index contributed by atoms with van der Waals surface area (Å²) in [7, 11) is 0. The van der Waals surface area contributed by atoms with E-state index in [1.165, 1.54) is 0 Å². The molecule has 2 aliphatic rings. The van der Waals surface area contributed by atoms with Gasteiger partial charge in [0.2, 0.25) is 5.78 Å².